The van der Waals surface area contributed by atoms with Gasteiger partial charge >= 0.3 is 0 Å². The number of nitrogens with one attached hydrogen (secondary N) is 1. The second-order valence-electron chi connectivity index (χ2n) is 5.47. The first-order chi connectivity index (χ1) is 8.65. The average Bonchev–Trinajstić information content (AvgIpc) is 3.15. The summed E-state index contributed by atoms with van der Waals surface area (Å²) in [5.74, 6) is 1.94. The molecular formula is C16H25NO. The molecule has 0 aromatic heterocycles. The SMILES string of the molecule is CCNC(CC1CC1)c1cc(C)c(OC)cc1C. The van der Waals surface area contributed by atoms with Crippen LogP contribution in [-0.4, -0.2) is 13.7 Å². The predicted molar refractivity (Wildman–Crippen MR) is 76.2 cm³/mol. The van der Waals surface area contributed by atoms with Crippen molar-refractivity contribution >= 4 is 0 Å². The van der Waals surface area contributed by atoms with Crippen molar-refractivity contribution in [2.45, 2.75) is 46.1 Å². The van der Waals surface area contributed by atoms with E-state index in [1.807, 2.05) is 0 Å². The summed E-state index contributed by atoms with van der Waals surface area (Å²) in [4.78, 5) is 0. The second kappa shape index (κ2) is 5.75. The molecule has 1 atom stereocenters. The number of rotatable bonds is 6. The molecule has 1 aromatic carbocycles. The van der Waals surface area contributed by atoms with Crippen LogP contribution in [0.3, 0.4) is 0 Å². The van der Waals surface area contributed by atoms with E-state index < -0.39 is 0 Å². The number of aryl methyl sites for hydroxylation is 2. The Hall–Kier alpha value is -1.02. The smallest absolute Gasteiger partial charge is 0.122 e. The zero-order chi connectivity index (χ0) is 13.1. The first-order valence-electron chi connectivity index (χ1n) is 7.04. The maximum atomic E-state index is 5.39. The van der Waals surface area contributed by atoms with Gasteiger partial charge < -0.3 is 10.1 Å². The first kappa shape index (κ1) is 13.4. The second-order valence-corrected chi connectivity index (χ2v) is 5.47. The van der Waals surface area contributed by atoms with Crippen LogP contribution in [-0.2, 0) is 0 Å². The zero-order valence-corrected chi connectivity index (χ0v) is 12.0. The van der Waals surface area contributed by atoms with E-state index in [1.54, 1.807) is 7.11 Å². The Labute approximate surface area is 111 Å². The van der Waals surface area contributed by atoms with Gasteiger partial charge in [-0.2, -0.15) is 0 Å². The molecule has 0 bridgehead atoms. The fourth-order valence-corrected chi connectivity index (χ4v) is 2.66. The van der Waals surface area contributed by atoms with Crippen molar-refractivity contribution < 1.29 is 4.74 Å². The molecule has 0 amide bonds. The molecule has 0 heterocycles. The molecule has 1 N–H and O–H groups in total. The van der Waals surface area contributed by atoms with E-state index in [-0.39, 0.29) is 0 Å². The van der Waals surface area contributed by atoms with Gasteiger partial charge in [-0.3, -0.25) is 0 Å². The van der Waals surface area contributed by atoms with Crippen molar-refractivity contribution in [2.75, 3.05) is 13.7 Å². The van der Waals surface area contributed by atoms with E-state index in [2.05, 4.69) is 38.2 Å². The predicted octanol–water partition coefficient (Wildman–Crippen LogP) is 3.76. The molecule has 1 aromatic rings. The van der Waals surface area contributed by atoms with E-state index >= 15 is 0 Å². The summed E-state index contributed by atoms with van der Waals surface area (Å²) in [6.45, 7) is 7.53. The Bertz CT molecular complexity index is 410. The Morgan fingerprint density at radius 2 is 2.00 bits per heavy atom. The molecule has 1 aliphatic rings. The number of benzene rings is 1. The Kier molecular flexibility index (Phi) is 4.28. The molecule has 0 saturated heterocycles. The normalized spacial score (nSPS) is 16.7. The van der Waals surface area contributed by atoms with Crippen molar-refractivity contribution in [1.82, 2.24) is 5.32 Å². The number of methoxy groups -OCH3 is 1. The van der Waals surface area contributed by atoms with Gasteiger partial charge in [-0.1, -0.05) is 25.8 Å². The summed E-state index contributed by atoms with van der Waals surface area (Å²) in [6, 6.07) is 4.97. The van der Waals surface area contributed by atoms with Crippen LogP contribution in [0.15, 0.2) is 12.1 Å². The van der Waals surface area contributed by atoms with Crippen LogP contribution in [0.5, 0.6) is 5.75 Å². The van der Waals surface area contributed by atoms with Crippen LogP contribution in [0.1, 0.15) is 48.9 Å². The van der Waals surface area contributed by atoms with E-state index in [0.717, 1.165) is 18.2 Å². The zero-order valence-electron chi connectivity index (χ0n) is 12.0. The molecule has 1 aliphatic carbocycles. The van der Waals surface area contributed by atoms with Crippen molar-refractivity contribution in [2.24, 2.45) is 5.92 Å². The fourth-order valence-electron chi connectivity index (χ4n) is 2.66. The maximum Gasteiger partial charge on any atom is 0.122 e. The minimum absolute atomic E-state index is 0.507. The minimum atomic E-state index is 0.507. The first-order valence-corrected chi connectivity index (χ1v) is 7.04. The van der Waals surface area contributed by atoms with E-state index in [4.69, 9.17) is 4.74 Å². The topological polar surface area (TPSA) is 21.3 Å². The summed E-state index contributed by atoms with van der Waals surface area (Å²) in [5, 5.41) is 3.63. The van der Waals surface area contributed by atoms with Gasteiger partial charge in [0.05, 0.1) is 7.11 Å². The lowest BCUT2D eigenvalue weighted by Crippen LogP contribution is -2.22. The van der Waals surface area contributed by atoms with Crippen molar-refractivity contribution in [3.8, 4) is 5.75 Å². The molecule has 2 nitrogen and oxygen atoms in total. The van der Waals surface area contributed by atoms with Crippen LogP contribution < -0.4 is 10.1 Å². The quantitative estimate of drug-likeness (QED) is 0.826. The largest absolute Gasteiger partial charge is 0.496 e. The average molecular weight is 247 g/mol. The molecule has 1 fully saturated rings. The monoisotopic (exact) mass is 247 g/mol. The van der Waals surface area contributed by atoms with Gasteiger partial charge in [0.2, 0.25) is 0 Å². The molecule has 2 heteroatoms. The highest BCUT2D eigenvalue weighted by Crippen LogP contribution is 2.39. The van der Waals surface area contributed by atoms with Gasteiger partial charge in [-0.05, 0) is 55.5 Å². The molecule has 0 aliphatic heterocycles. The lowest BCUT2D eigenvalue weighted by Gasteiger charge is -2.22. The summed E-state index contributed by atoms with van der Waals surface area (Å²) in [7, 11) is 1.74. The third-order valence-electron chi connectivity index (χ3n) is 3.88. The highest BCUT2D eigenvalue weighted by Gasteiger charge is 2.26. The molecule has 0 radical (unpaired) electrons. The molecule has 18 heavy (non-hydrogen) atoms. The molecule has 2 rings (SSSR count). The van der Waals surface area contributed by atoms with E-state index in [1.165, 1.54) is 36.0 Å². The van der Waals surface area contributed by atoms with Gasteiger partial charge in [0.25, 0.3) is 0 Å². The molecule has 100 valence electrons. The summed E-state index contributed by atoms with van der Waals surface area (Å²) < 4.78 is 5.39. The molecule has 1 unspecified atom stereocenters. The minimum Gasteiger partial charge on any atom is -0.496 e. The van der Waals surface area contributed by atoms with Crippen molar-refractivity contribution in [3.63, 3.8) is 0 Å². The summed E-state index contributed by atoms with van der Waals surface area (Å²) in [5.41, 5.74) is 4.02. The van der Waals surface area contributed by atoms with Crippen LogP contribution in [0.2, 0.25) is 0 Å². The highest BCUT2D eigenvalue weighted by molar-refractivity contribution is 5.43. The number of ether oxygens (including phenoxy) is 1. The van der Waals surface area contributed by atoms with Gasteiger partial charge in [-0.15, -0.1) is 0 Å². The van der Waals surface area contributed by atoms with E-state index in [0.29, 0.717) is 6.04 Å². The number of hydrogen-bond acceptors (Lipinski definition) is 2. The Morgan fingerprint density at radius 3 is 2.56 bits per heavy atom. The van der Waals surface area contributed by atoms with Crippen LogP contribution in [0.25, 0.3) is 0 Å². The Morgan fingerprint density at radius 1 is 1.28 bits per heavy atom. The van der Waals surface area contributed by atoms with Crippen molar-refractivity contribution in [3.05, 3.63) is 28.8 Å². The van der Waals surface area contributed by atoms with E-state index in [9.17, 15) is 0 Å². The Balaban J connectivity index is 2.24. The fraction of sp³-hybridized carbons (Fsp3) is 0.625. The lowest BCUT2D eigenvalue weighted by molar-refractivity contribution is 0.410. The standard InChI is InChI=1S/C16H25NO/c1-5-17-15(10-13-6-7-13)14-8-12(3)16(18-4)9-11(14)2/h8-9,13,15,17H,5-7,10H2,1-4H3. The lowest BCUT2D eigenvalue weighted by atomic mass is 9.94. The molecular weight excluding hydrogens is 222 g/mol. The van der Waals surface area contributed by atoms with Crippen LogP contribution >= 0.6 is 0 Å². The molecule has 0 spiro atoms. The van der Waals surface area contributed by atoms with Crippen LogP contribution in [0, 0.1) is 19.8 Å². The highest BCUT2D eigenvalue weighted by atomic mass is 16.5. The van der Waals surface area contributed by atoms with Crippen molar-refractivity contribution in [1.29, 1.82) is 0 Å². The summed E-state index contributed by atoms with van der Waals surface area (Å²) >= 11 is 0. The van der Waals surface area contributed by atoms with Crippen LogP contribution in [0.4, 0.5) is 0 Å². The van der Waals surface area contributed by atoms with Gasteiger partial charge in [0.1, 0.15) is 5.75 Å². The third-order valence-corrected chi connectivity index (χ3v) is 3.88. The maximum absolute atomic E-state index is 5.39. The number of hydrogen-bond donors (Lipinski definition) is 1. The van der Waals surface area contributed by atoms with Gasteiger partial charge in [0.15, 0.2) is 0 Å². The van der Waals surface area contributed by atoms with Gasteiger partial charge in [-0.25, -0.2) is 0 Å². The van der Waals surface area contributed by atoms with Gasteiger partial charge in [0, 0.05) is 6.04 Å². The molecule has 1 saturated carbocycles. The third kappa shape index (κ3) is 3.05. The summed E-state index contributed by atoms with van der Waals surface area (Å²) in [6.07, 6.45) is 4.10.